The number of carbonyl (C=O) groups is 1. The largest absolute Gasteiger partial charge is 0.482 e. The van der Waals surface area contributed by atoms with Crippen molar-refractivity contribution in [3.63, 3.8) is 0 Å². The lowest BCUT2D eigenvalue weighted by Crippen LogP contribution is -2.28. The molecule has 1 aromatic rings. The Kier molecular flexibility index (Phi) is 10.5. The number of esters is 1. The van der Waals surface area contributed by atoms with E-state index in [1.165, 1.54) is 43.2 Å². The maximum Gasteiger partial charge on any atom is 0.344 e. The first-order valence-corrected chi connectivity index (χ1v) is 14.8. The second-order valence-electron chi connectivity index (χ2n) is 11.7. The van der Waals surface area contributed by atoms with Gasteiger partial charge in [0.15, 0.2) is 6.61 Å². The molecule has 2 N–H and O–H groups in total. The summed E-state index contributed by atoms with van der Waals surface area (Å²) in [5.41, 5.74) is 2.48. The molecule has 3 aliphatic carbocycles. The smallest absolute Gasteiger partial charge is 0.344 e. The van der Waals surface area contributed by atoms with Crippen LogP contribution in [0.2, 0.25) is 0 Å². The molecule has 5 atom stereocenters. The number of hydrogen-bond donors (Lipinski definition) is 2. The van der Waals surface area contributed by atoms with Gasteiger partial charge in [0.25, 0.3) is 0 Å². The standard InChI is InChI=1S/C31H48O5/c1-2-3-7-12-24(32)16-17-26-27-18-22-11-10-15-30(28(22)19-23(27)20-29(26)33)35-21-31(34)36-25-13-8-5-4-6-9-14-25/h10-11,15,23-27,29,32-33H,2-9,12-14,16-21H2,1H3/t23-,24-,26+,27-,29+/m0/s1. The number of ether oxygens (including phenoxy) is 2. The fourth-order valence-electron chi connectivity index (χ4n) is 6.99. The van der Waals surface area contributed by atoms with Crippen LogP contribution in [0.15, 0.2) is 18.2 Å². The van der Waals surface area contributed by atoms with E-state index in [1.54, 1.807) is 0 Å². The Hall–Kier alpha value is -1.59. The molecule has 36 heavy (non-hydrogen) atoms. The van der Waals surface area contributed by atoms with Crippen molar-refractivity contribution < 1.29 is 24.5 Å². The normalized spacial score (nSPS) is 27.4. The first kappa shape index (κ1) is 27.4. The summed E-state index contributed by atoms with van der Waals surface area (Å²) in [6.45, 7) is 2.14. The molecule has 202 valence electrons. The topological polar surface area (TPSA) is 76.0 Å². The van der Waals surface area contributed by atoms with Gasteiger partial charge in [0.1, 0.15) is 11.9 Å². The SMILES string of the molecule is CCCCC[C@H](O)CC[C@@H]1[C@H]2Cc3cccc(OCC(=O)OC4CCCCCCC4)c3C[C@H]2C[C@H]1O. The van der Waals surface area contributed by atoms with Crippen LogP contribution >= 0.6 is 0 Å². The lowest BCUT2D eigenvalue weighted by Gasteiger charge is -2.32. The summed E-state index contributed by atoms with van der Waals surface area (Å²) in [5.74, 6) is 1.68. The number of rotatable bonds is 11. The van der Waals surface area contributed by atoms with Gasteiger partial charge in [-0.25, -0.2) is 4.79 Å². The van der Waals surface area contributed by atoms with Gasteiger partial charge in [0.2, 0.25) is 0 Å². The van der Waals surface area contributed by atoms with E-state index in [0.29, 0.717) is 11.8 Å². The average Bonchev–Trinajstić information content (AvgIpc) is 3.15. The van der Waals surface area contributed by atoms with E-state index >= 15 is 0 Å². The van der Waals surface area contributed by atoms with E-state index in [1.807, 2.05) is 12.1 Å². The van der Waals surface area contributed by atoms with Crippen molar-refractivity contribution >= 4 is 5.97 Å². The maximum absolute atomic E-state index is 12.5. The van der Waals surface area contributed by atoms with E-state index < -0.39 is 0 Å². The highest BCUT2D eigenvalue weighted by atomic mass is 16.6. The fourth-order valence-corrected chi connectivity index (χ4v) is 6.99. The summed E-state index contributed by atoms with van der Waals surface area (Å²) in [6.07, 6.45) is 16.1. The summed E-state index contributed by atoms with van der Waals surface area (Å²) in [5, 5.41) is 21.3. The van der Waals surface area contributed by atoms with Gasteiger partial charge in [0.05, 0.1) is 12.2 Å². The molecule has 0 aromatic heterocycles. The van der Waals surface area contributed by atoms with E-state index in [-0.39, 0.29) is 36.8 Å². The Bertz CT molecular complexity index is 815. The molecule has 0 saturated heterocycles. The van der Waals surface area contributed by atoms with Gasteiger partial charge in [-0.05, 0) is 99.2 Å². The number of carbonyl (C=O) groups excluding carboxylic acids is 1. The van der Waals surface area contributed by atoms with Crippen molar-refractivity contribution in [2.45, 2.75) is 128 Å². The van der Waals surface area contributed by atoms with E-state index in [2.05, 4.69) is 13.0 Å². The number of fused-ring (bicyclic) bond motifs is 2. The Labute approximate surface area is 218 Å². The van der Waals surface area contributed by atoms with Crippen LogP contribution in [0, 0.1) is 17.8 Å². The van der Waals surface area contributed by atoms with Crippen molar-refractivity contribution in [2.24, 2.45) is 17.8 Å². The van der Waals surface area contributed by atoms with Crippen LogP contribution in [0.3, 0.4) is 0 Å². The third kappa shape index (κ3) is 7.47. The molecule has 0 bridgehead atoms. The minimum absolute atomic E-state index is 0.0360. The molecule has 1 aromatic carbocycles. The van der Waals surface area contributed by atoms with Crippen LogP contribution < -0.4 is 4.74 Å². The minimum Gasteiger partial charge on any atom is -0.482 e. The van der Waals surface area contributed by atoms with Crippen molar-refractivity contribution in [3.05, 3.63) is 29.3 Å². The van der Waals surface area contributed by atoms with Crippen LogP contribution in [-0.2, 0) is 22.4 Å². The van der Waals surface area contributed by atoms with Crippen molar-refractivity contribution in [1.82, 2.24) is 0 Å². The molecular weight excluding hydrogens is 452 g/mol. The first-order valence-electron chi connectivity index (χ1n) is 14.8. The monoisotopic (exact) mass is 500 g/mol. The molecule has 5 heteroatoms. The highest BCUT2D eigenvalue weighted by Crippen LogP contribution is 2.48. The van der Waals surface area contributed by atoms with Crippen LogP contribution in [0.4, 0.5) is 0 Å². The molecule has 0 unspecified atom stereocenters. The molecule has 0 aliphatic heterocycles. The van der Waals surface area contributed by atoms with Crippen LogP contribution in [0.5, 0.6) is 5.75 Å². The third-order valence-corrected chi connectivity index (χ3v) is 9.02. The summed E-state index contributed by atoms with van der Waals surface area (Å²) >= 11 is 0. The summed E-state index contributed by atoms with van der Waals surface area (Å²) in [6, 6.07) is 6.16. The maximum atomic E-state index is 12.5. The van der Waals surface area contributed by atoms with E-state index in [9.17, 15) is 15.0 Å². The molecule has 3 aliphatic rings. The van der Waals surface area contributed by atoms with Gasteiger partial charge in [-0.2, -0.15) is 0 Å². The van der Waals surface area contributed by atoms with Crippen LogP contribution in [0.25, 0.3) is 0 Å². The molecule has 0 amide bonds. The van der Waals surface area contributed by atoms with Crippen LogP contribution in [0.1, 0.15) is 108 Å². The zero-order chi connectivity index (χ0) is 25.3. The zero-order valence-corrected chi connectivity index (χ0v) is 22.3. The Morgan fingerprint density at radius 2 is 1.83 bits per heavy atom. The Morgan fingerprint density at radius 1 is 1.06 bits per heavy atom. The molecule has 0 radical (unpaired) electrons. The summed E-state index contributed by atoms with van der Waals surface area (Å²) in [4.78, 5) is 12.5. The van der Waals surface area contributed by atoms with Crippen LogP contribution in [-0.4, -0.2) is 41.1 Å². The van der Waals surface area contributed by atoms with Gasteiger partial charge < -0.3 is 19.7 Å². The van der Waals surface area contributed by atoms with E-state index in [0.717, 1.165) is 76.4 Å². The molecule has 0 heterocycles. The summed E-state index contributed by atoms with van der Waals surface area (Å²) in [7, 11) is 0. The van der Waals surface area contributed by atoms with Crippen molar-refractivity contribution in [1.29, 1.82) is 0 Å². The first-order chi connectivity index (χ1) is 17.5. The van der Waals surface area contributed by atoms with E-state index in [4.69, 9.17) is 9.47 Å². The lowest BCUT2D eigenvalue weighted by atomic mass is 9.73. The highest BCUT2D eigenvalue weighted by Gasteiger charge is 2.44. The predicted molar refractivity (Wildman–Crippen MR) is 142 cm³/mol. The van der Waals surface area contributed by atoms with Crippen molar-refractivity contribution in [3.8, 4) is 5.75 Å². The zero-order valence-electron chi connectivity index (χ0n) is 22.3. The Morgan fingerprint density at radius 3 is 2.61 bits per heavy atom. The molecule has 2 fully saturated rings. The summed E-state index contributed by atoms with van der Waals surface area (Å²) < 4.78 is 11.8. The van der Waals surface area contributed by atoms with Crippen molar-refractivity contribution in [2.75, 3.05) is 6.61 Å². The molecule has 0 spiro atoms. The quantitative estimate of drug-likeness (QED) is 0.281. The molecule has 5 nitrogen and oxygen atoms in total. The lowest BCUT2D eigenvalue weighted by molar-refractivity contribution is -0.152. The number of aliphatic hydroxyl groups is 2. The molecule has 2 saturated carbocycles. The van der Waals surface area contributed by atoms with Gasteiger partial charge >= 0.3 is 5.97 Å². The predicted octanol–water partition coefficient (Wildman–Crippen LogP) is 6.15. The fraction of sp³-hybridized carbons (Fsp3) is 0.774. The highest BCUT2D eigenvalue weighted by molar-refractivity contribution is 5.71. The van der Waals surface area contributed by atoms with Gasteiger partial charge in [-0.1, -0.05) is 57.6 Å². The average molecular weight is 501 g/mol. The third-order valence-electron chi connectivity index (χ3n) is 9.02. The number of aliphatic hydroxyl groups excluding tert-OH is 2. The van der Waals surface area contributed by atoms with Gasteiger partial charge in [0, 0.05) is 0 Å². The minimum atomic E-state index is -0.291. The Balaban J connectivity index is 1.30. The van der Waals surface area contributed by atoms with Gasteiger partial charge in [-0.3, -0.25) is 0 Å². The molecule has 4 rings (SSSR count). The number of benzene rings is 1. The number of hydrogen-bond acceptors (Lipinski definition) is 5. The number of unbranched alkanes of at least 4 members (excludes halogenated alkanes) is 2. The second-order valence-corrected chi connectivity index (χ2v) is 11.7. The molecular formula is C31H48O5. The second kappa shape index (κ2) is 13.8. The van der Waals surface area contributed by atoms with Gasteiger partial charge in [-0.15, -0.1) is 0 Å².